The zero-order valence-electron chi connectivity index (χ0n) is 11.7. The molecule has 0 amide bonds. The normalized spacial score (nSPS) is 13.2. The molecule has 0 fully saturated rings. The van der Waals surface area contributed by atoms with Crippen molar-refractivity contribution in [3.05, 3.63) is 35.4 Å². The first-order valence-electron chi connectivity index (χ1n) is 6.58. The Morgan fingerprint density at radius 3 is 2.25 bits per heavy atom. The molecule has 0 saturated carbocycles. The average Bonchev–Trinajstić information content (AvgIpc) is 2.32. The van der Waals surface area contributed by atoms with E-state index in [2.05, 4.69) is 5.32 Å². The van der Waals surface area contributed by atoms with Gasteiger partial charge in [0.1, 0.15) is 11.6 Å². The maximum Gasteiger partial charge on any atom is 0.251 e. The molecule has 1 atom stereocenters. The van der Waals surface area contributed by atoms with Gasteiger partial charge in [-0.15, -0.1) is 0 Å². The minimum Gasteiger partial charge on any atom is -0.310 e. The van der Waals surface area contributed by atoms with E-state index in [1.54, 1.807) is 7.05 Å². The maximum absolute atomic E-state index is 13.2. The molecule has 0 aliphatic heterocycles. The van der Waals surface area contributed by atoms with Gasteiger partial charge < -0.3 is 10.2 Å². The van der Waals surface area contributed by atoms with Crippen LogP contribution in [0.15, 0.2) is 18.2 Å². The molecule has 20 heavy (non-hydrogen) atoms. The minimum atomic E-state index is -2.39. The van der Waals surface area contributed by atoms with Crippen molar-refractivity contribution < 1.29 is 17.6 Å². The molecule has 6 heteroatoms. The van der Waals surface area contributed by atoms with Crippen LogP contribution in [0.4, 0.5) is 17.6 Å². The maximum atomic E-state index is 13.2. The fraction of sp³-hybridized carbons (Fsp3) is 0.571. The summed E-state index contributed by atoms with van der Waals surface area (Å²) in [6.07, 6.45) is -1.89. The van der Waals surface area contributed by atoms with Gasteiger partial charge in [-0.2, -0.15) is 0 Å². The number of nitrogens with zero attached hydrogens (tertiary/aromatic N) is 1. The molecule has 0 aliphatic carbocycles. The third-order valence-electron chi connectivity index (χ3n) is 2.99. The molecule has 1 aromatic carbocycles. The van der Waals surface area contributed by atoms with E-state index < -0.39 is 18.1 Å². The second-order valence-corrected chi connectivity index (χ2v) is 4.76. The summed E-state index contributed by atoms with van der Waals surface area (Å²) in [6.45, 7) is 2.61. The lowest BCUT2D eigenvalue weighted by Gasteiger charge is -2.22. The molecule has 0 bridgehead atoms. The van der Waals surface area contributed by atoms with E-state index in [1.165, 1.54) is 17.0 Å². The van der Waals surface area contributed by atoms with Gasteiger partial charge >= 0.3 is 0 Å². The Bertz CT molecular complexity index is 392. The fourth-order valence-corrected chi connectivity index (χ4v) is 2.09. The summed E-state index contributed by atoms with van der Waals surface area (Å²) in [7, 11) is 1.60. The van der Waals surface area contributed by atoms with Crippen LogP contribution >= 0.6 is 0 Å². The van der Waals surface area contributed by atoms with Crippen LogP contribution in [0.2, 0.25) is 0 Å². The van der Waals surface area contributed by atoms with Gasteiger partial charge in [-0.25, -0.2) is 17.6 Å². The summed E-state index contributed by atoms with van der Waals surface area (Å²) in [5, 5.41) is 3.11. The molecule has 1 rings (SSSR count). The van der Waals surface area contributed by atoms with E-state index in [-0.39, 0.29) is 12.6 Å². The van der Waals surface area contributed by atoms with Gasteiger partial charge in [0.2, 0.25) is 0 Å². The number of rotatable bonds is 8. The number of benzene rings is 1. The van der Waals surface area contributed by atoms with Gasteiger partial charge in [0.25, 0.3) is 6.43 Å². The van der Waals surface area contributed by atoms with Crippen molar-refractivity contribution in [1.29, 1.82) is 0 Å². The van der Waals surface area contributed by atoms with Crippen molar-refractivity contribution in [2.45, 2.75) is 25.8 Å². The molecule has 2 nitrogen and oxygen atoms in total. The topological polar surface area (TPSA) is 15.3 Å². The van der Waals surface area contributed by atoms with E-state index in [0.717, 1.165) is 6.07 Å². The van der Waals surface area contributed by atoms with E-state index in [1.807, 2.05) is 6.92 Å². The molecule has 0 radical (unpaired) electrons. The molecular weight excluding hydrogens is 272 g/mol. The highest BCUT2D eigenvalue weighted by atomic mass is 19.3. The molecule has 1 aromatic rings. The largest absolute Gasteiger partial charge is 0.310 e. The number of nitrogens with one attached hydrogen (secondary N) is 1. The molecular formula is C14H20F4N2. The van der Waals surface area contributed by atoms with Crippen molar-refractivity contribution in [1.82, 2.24) is 10.2 Å². The van der Waals surface area contributed by atoms with Gasteiger partial charge in [-0.3, -0.25) is 0 Å². The smallest absolute Gasteiger partial charge is 0.251 e. The molecule has 0 heterocycles. The summed E-state index contributed by atoms with van der Waals surface area (Å²) < 4.78 is 50.9. The first-order chi connectivity index (χ1) is 9.42. The van der Waals surface area contributed by atoms with Crippen LogP contribution in [0.5, 0.6) is 0 Å². The molecule has 114 valence electrons. The van der Waals surface area contributed by atoms with Crippen molar-refractivity contribution in [2.75, 3.05) is 26.7 Å². The van der Waals surface area contributed by atoms with E-state index >= 15 is 0 Å². The van der Waals surface area contributed by atoms with Crippen molar-refractivity contribution in [3.63, 3.8) is 0 Å². The average molecular weight is 292 g/mol. The number of hydrogen-bond acceptors (Lipinski definition) is 2. The molecule has 0 aromatic heterocycles. The Balaban J connectivity index is 2.68. The zero-order valence-corrected chi connectivity index (χ0v) is 11.7. The highest BCUT2D eigenvalue weighted by Crippen LogP contribution is 2.20. The van der Waals surface area contributed by atoms with E-state index in [0.29, 0.717) is 25.1 Å². The Morgan fingerprint density at radius 1 is 1.15 bits per heavy atom. The summed E-state index contributed by atoms with van der Waals surface area (Å²) in [5.41, 5.74) is 0.495. The van der Waals surface area contributed by atoms with Crippen LogP contribution in [0.1, 0.15) is 24.9 Å². The first kappa shape index (κ1) is 16.9. The Kier molecular flexibility index (Phi) is 6.95. The fourth-order valence-electron chi connectivity index (χ4n) is 2.09. The Morgan fingerprint density at radius 2 is 1.75 bits per heavy atom. The second-order valence-electron chi connectivity index (χ2n) is 4.76. The van der Waals surface area contributed by atoms with Gasteiger partial charge in [0.05, 0.1) is 6.54 Å². The quantitative estimate of drug-likeness (QED) is 0.740. The Hall–Kier alpha value is -1.14. The highest BCUT2D eigenvalue weighted by Gasteiger charge is 2.15. The lowest BCUT2D eigenvalue weighted by atomic mass is 10.0. The minimum absolute atomic E-state index is 0.259. The van der Waals surface area contributed by atoms with Gasteiger partial charge in [-0.05, 0) is 44.3 Å². The SMILES string of the molecule is CCNC(CCN(C)CC(F)F)c1cc(F)cc(F)c1. The Labute approximate surface area is 116 Å². The van der Waals surface area contributed by atoms with Crippen molar-refractivity contribution >= 4 is 0 Å². The van der Waals surface area contributed by atoms with Crippen LogP contribution in [-0.4, -0.2) is 38.0 Å². The third kappa shape index (κ3) is 5.88. The second kappa shape index (κ2) is 8.21. The number of halogens is 4. The van der Waals surface area contributed by atoms with Crippen LogP contribution in [0.25, 0.3) is 0 Å². The highest BCUT2D eigenvalue weighted by molar-refractivity contribution is 5.21. The van der Waals surface area contributed by atoms with Crippen molar-refractivity contribution in [3.8, 4) is 0 Å². The van der Waals surface area contributed by atoms with Gasteiger partial charge in [0, 0.05) is 12.1 Å². The zero-order chi connectivity index (χ0) is 15.1. The number of alkyl halides is 2. The lowest BCUT2D eigenvalue weighted by molar-refractivity contribution is 0.0985. The molecule has 0 aliphatic rings. The summed E-state index contributed by atoms with van der Waals surface area (Å²) in [5.74, 6) is -1.27. The molecule has 0 spiro atoms. The molecule has 0 saturated heterocycles. The van der Waals surface area contributed by atoms with Gasteiger partial charge in [0.15, 0.2) is 0 Å². The third-order valence-corrected chi connectivity index (χ3v) is 2.99. The summed E-state index contributed by atoms with van der Waals surface area (Å²) in [6, 6.07) is 3.09. The van der Waals surface area contributed by atoms with Crippen LogP contribution in [-0.2, 0) is 0 Å². The van der Waals surface area contributed by atoms with Gasteiger partial charge in [-0.1, -0.05) is 6.92 Å². The van der Waals surface area contributed by atoms with Crippen LogP contribution in [0.3, 0.4) is 0 Å². The predicted molar refractivity (Wildman–Crippen MR) is 70.9 cm³/mol. The standard InChI is InChI=1S/C14H20F4N2/c1-3-19-13(4-5-20(2)9-14(17)18)10-6-11(15)8-12(16)7-10/h6-8,13-14,19H,3-5,9H2,1-2H3. The summed E-state index contributed by atoms with van der Waals surface area (Å²) >= 11 is 0. The van der Waals surface area contributed by atoms with Crippen LogP contribution < -0.4 is 5.32 Å². The van der Waals surface area contributed by atoms with Crippen molar-refractivity contribution in [2.24, 2.45) is 0 Å². The van der Waals surface area contributed by atoms with E-state index in [9.17, 15) is 17.6 Å². The lowest BCUT2D eigenvalue weighted by Crippen LogP contribution is -2.30. The first-order valence-corrected chi connectivity index (χ1v) is 6.58. The van der Waals surface area contributed by atoms with Crippen LogP contribution in [0, 0.1) is 11.6 Å². The molecule has 1 unspecified atom stereocenters. The van der Waals surface area contributed by atoms with E-state index in [4.69, 9.17) is 0 Å². The monoisotopic (exact) mass is 292 g/mol. The summed E-state index contributed by atoms with van der Waals surface area (Å²) in [4.78, 5) is 1.50. The predicted octanol–water partition coefficient (Wildman–Crippen LogP) is 3.20. The number of hydrogen-bond donors (Lipinski definition) is 1. The molecule has 1 N–H and O–H groups in total.